The molecule has 2 aromatic rings. The van der Waals surface area contributed by atoms with Gasteiger partial charge in [0.05, 0.1) is 18.3 Å². The maximum absolute atomic E-state index is 10.2. The molecule has 0 radical (unpaired) electrons. The van der Waals surface area contributed by atoms with Crippen molar-refractivity contribution in [3.63, 3.8) is 0 Å². The Kier molecular flexibility index (Phi) is 3.75. The van der Waals surface area contributed by atoms with Gasteiger partial charge in [-0.3, -0.25) is 14.9 Å². The molecule has 2 aromatic heterocycles. The number of β-amino-alcohol motifs (C(OH)–C–C–N with tert-alkyl or cyclic N) is 1. The van der Waals surface area contributed by atoms with Gasteiger partial charge in [-0.1, -0.05) is 0 Å². The number of aliphatic hydroxyl groups excluding tert-OH is 1. The third kappa shape index (κ3) is 2.86. The largest absolute Gasteiger partial charge is 0.391 e. The maximum Gasteiger partial charge on any atom is 0.122 e. The lowest BCUT2D eigenvalue weighted by Gasteiger charge is -2.15. The van der Waals surface area contributed by atoms with Crippen molar-refractivity contribution in [3.8, 4) is 0 Å². The number of imidazole rings is 1. The minimum Gasteiger partial charge on any atom is -0.391 e. The molecule has 6 nitrogen and oxygen atoms in total. The van der Waals surface area contributed by atoms with E-state index in [4.69, 9.17) is 0 Å². The summed E-state index contributed by atoms with van der Waals surface area (Å²) in [5.74, 6) is 1.24. The highest BCUT2D eigenvalue weighted by Crippen LogP contribution is 2.21. The third-order valence-electron chi connectivity index (χ3n) is 3.86. The van der Waals surface area contributed by atoms with Crippen LogP contribution in [0.4, 0.5) is 0 Å². The molecule has 0 bridgehead atoms. The molecule has 0 aliphatic carbocycles. The summed E-state index contributed by atoms with van der Waals surface area (Å²) >= 11 is 0. The number of nitrogens with zero attached hydrogens (tertiary/aromatic N) is 5. The van der Waals surface area contributed by atoms with Gasteiger partial charge in [0.2, 0.25) is 0 Å². The fourth-order valence-corrected chi connectivity index (χ4v) is 2.72. The first kappa shape index (κ1) is 13.2. The average Bonchev–Trinajstić information content (AvgIpc) is 2.99. The van der Waals surface area contributed by atoms with E-state index in [0.29, 0.717) is 6.54 Å². The lowest BCUT2D eigenvalue weighted by molar-refractivity contribution is 0.140. The molecule has 1 saturated heterocycles. The normalized spacial score (nSPS) is 23.3. The van der Waals surface area contributed by atoms with Gasteiger partial charge in [0, 0.05) is 57.0 Å². The van der Waals surface area contributed by atoms with E-state index in [1.54, 1.807) is 24.8 Å². The summed E-state index contributed by atoms with van der Waals surface area (Å²) in [5.41, 5.74) is 0.940. The van der Waals surface area contributed by atoms with Crippen LogP contribution in [0.1, 0.15) is 11.5 Å². The average molecular weight is 273 g/mol. The van der Waals surface area contributed by atoms with Crippen molar-refractivity contribution in [1.29, 1.82) is 0 Å². The fourth-order valence-electron chi connectivity index (χ4n) is 2.72. The molecule has 0 aromatic carbocycles. The van der Waals surface area contributed by atoms with Gasteiger partial charge in [-0.05, 0) is 6.42 Å². The molecule has 1 aliphatic rings. The number of aromatic nitrogens is 4. The summed E-state index contributed by atoms with van der Waals surface area (Å²) in [6, 6.07) is 0. The predicted molar refractivity (Wildman–Crippen MR) is 73.7 cm³/mol. The zero-order valence-corrected chi connectivity index (χ0v) is 11.6. The Labute approximate surface area is 118 Å². The molecule has 1 N–H and O–H groups in total. The van der Waals surface area contributed by atoms with E-state index in [-0.39, 0.29) is 12.0 Å². The monoisotopic (exact) mass is 273 g/mol. The second-order valence-electron chi connectivity index (χ2n) is 5.38. The van der Waals surface area contributed by atoms with Crippen LogP contribution in [0.2, 0.25) is 0 Å². The quantitative estimate of drug-likeness (QED) is 0.864. The van der Waals surface area contributed by atoms with Crippen molar-refractivity contribution in [2.24, 2.45) is 13.0 Å². The summed E-state index contributed by atoms with van der Waals surface area (Å²) < 4.78 is 2.02. The van der Waals surface area contributed by atoms with Crippen LogP contribution in [-0.2, 0) is 20.0 Å². The van der Waals surface area contributed by atoms with Gasteiger partial charge in [0.1, 0.15) is 5.82 Å². The van der Waals surface area contributed by atoms with Crippen molar-refractivity contribution in [3.05, 3.63) is 42.5 Å². The summed E-state index contributed by atoms with van der Waals surface area (Å²) in [6.07, 6.45) is 9.35. The van der Waals surface area contributed by atoms with Gasteiger partial charge < -0.3 is 9.67 Å². The Balaban J connectivity index is 1.61. The number of likely N-dealkylation sites (tertiary alicyclic amines) is 1. The predicted octanol–water partition coefficient (Wildman–Crippen LogP) is 0.245. The first-order chi connectivity index (χ1) is 9.72. The minimum absolute atomic E-state index is 0.215. The fraction of sp³-hybridized carbons (Fsp3) is 0.500. The first-order valence-electron chi connectivity index (χ1n) is 6.84. The van der Waals surface area contributed by atoms with Crippen molar-refractivity contribution in [2.45, 2.75) is 19.1 Å². The van der Waals surface area contributed by atoms with Crippen LogP contribution in [0.15, 0.2) is 31.0 Å². The number of hydrogen-bond donors (Lipinski definition) is 1. The maximum atomic E-state index is 10.2. The molecule has 0 saturated carbocycles. The van der Waals surface area contributed by atoms with E-state index < -0.39 is 0 Å². The van der Waals surface area contributed by atoms with Crippen LogP contribution < -0.4 is 0 Å². The second kappa shape index (κ2) is 5.68. The van der Waals surface area contributed by atoms with Crippen LogP contribution in [0.25, 0.3) is 0 Å². The summed E-state index contributed by atoms with van der Waals surface area (Å²) in [5, 5.41) is 10.2. The molecular formula is C14H19N5O. The number of hydrogen-bond acceptors (Lipinski definition) is 5. The molecule has 20 heavy (non-hydrogen) atoms. The molecule has 6 heteroatoms. The Morgan fingerprint density at radius 3 is 2.85 bits per heavy atom. The second-order valence-corrected chi connectivity index (χ2v) is 5.38. The Hall–Kier alpha value is -1.79. The van der Waals surface area contributed by atoms with Gasteiger partial charge in [0.15, 0.2) is 0 Å². The van der Waals surface area contributed by atoms with Crippen LogP contribution in [0.3, 0.4) is 0 Å². The molecule has 1 fully saturated rings. The highest BCUT2D eigenvalue weighted by atomic mass is 16.3. The van der Waals surface area contributed by atoms with Crippen LogP contribution >= 0.6 is 0 Å². The van der Waals surface area contributed by atoms with E-state index >= 15 is 0 Å². The van der Waals surface area contributed by atoms with Crippen molar-refractivity contribution in [1.82, 2.24) is 24.4 Å². The van der Waals surface area contributed by atoms with Crippen LogP contribution in [-0.4, -0.2) is 48.7 Å². The smallest absolute Gasteiger partial charge is 0.122 e. The van der Waals surface area contributed by atoms with Crippen molar-refractivity contribution < 1.29 is 5.11 Å². The first-order valence-corrected chi connectivity index (χ1v) is 6.84. The highest BCUT2D eigenvalue weighted by Gasteiger charge is 2.32. The standard InChI is InChI=1S/C14H19N5O/c1-18-5-4-17-14(18)10-19-8-11(13(20)9-19)6-12-7-15-2-3-16-12/h2-5,7,11,13,20H,6,8-10H2,1H3/t11-,13-/m1/s1. The molecular weight excluding hydrogens is 254 g/mol. The van der Waals surface area contributed by atoms with Gasteiger partial charge in [-0.2, -0.15) is 0 Å². The molecule has 3 heterocycles. The third-order valence-corrected chi connectivity index (χ3v) is 3.86. The van der Waals surface area contributed by atoms with Gasteiger partial charge in [-0.15, -0.1) is 0 Å². The summed E-state index contributed by atoms with van der Waals surface area (Å²) in [6.45, 7) is 2.33. The number of rotatable bonds is 4. The van der Waals surface area contributed by atoms with Crippen molar-refractivity contribution in [2.75, 3.05) is 13.1 Å². The lowest BCUT2D eigenvalue weighted by Crippen LogP contribution is -2.23. The number of aryl methyl sites for hydroxylation is 1. The summed E-state index contributed by atoms with van der Waals surface area (Å²) in [4.78, 5) is 14.9. The molecule has 106 valence electrons. The van der Waals surface area contributed by atoms with E-state index in [9.17, 15) is 5.11 Å². The lowest BCUT2D eigenvalue weighted by atomic mass is 10.0. The van der Waals surface area contributed by atoms with Crippen LogP contribution in [0.5, 0.6) is 0 Å². The molecule has 1 aliphatic heterocycles. The van der Waals surface area contributed by atoms with Gasteiger partial charge in [-0.25, -0.2) is 4.98 Å². The summed E-state index contributed by atoms with van der Waals surface area (Å²) in [7, 11) is 1.99. The molecule has 2 atom stereocenters. The highest BCUT2D eigenvalue weighted by molar-refractivity contribution is 5.01. The zero-order valence-electron chi connectivity index (χ0n) is 11.6. The van der Waals surface area contributed by atoms with E-state index in [1.165, 1.54) is 0 Å². The molecule has 0 unspecified atom stereocenters. The Morgan fingerprint density at radius 2 is 2.15 bits per heavy atom. The molecule has 0 amide bonds. The topological polar surface area (TPSA) is 67.1 Å². The molecule has 0 spiro atoms. The zero-order chi connectivity index (χ0) is 13.9. The van der Waals surface area contributed by atoms with E-state index in [2.05, 4.69) is 19.9 Å². The van der Waals surface area contributed by atoms with Gasteiger partial charge >= 0.3 is 0 Å². The van der Waals surface area contributed by atoms with Crippen molar-refractivity contribution >= 4 is 0 Å². The van der Waals surface area contributed by atoms with E-state index in [1.807, 2.05) is 17.8 Å². The van der Waals surface area contributed by atoms with Gasteiger partial charge in [0.25, 0.3) is 0 Å². The SMILES string of the molecule is Cn1ccnc1CN1C[C@@H](Cc2cnccn2)[C@H](O)C1. The Bertz CT molecular complexity index is 556. The van der Waals surface area contributed by atoms with E-state index in [0.717, 1.165) is 31.0 Å². The Morgan fingerprint density at radius 1 is 1.25 bits per heavy atom. The molecule has 3 rings (SSSR count). The number of aliphatic hydroxyl groups is 1. The van der Waals surface area contributed by atoms with Crippen LogP contribution in [0, 0.1) is 5.92 Å². The minimum atomic E-state index is -0.308.